The number of imidazole rings is 1. The Hall–Kier alpha value is -2.63. The first kappa shape index (κ1) is 14.3. The molecule has 0 saturated heterocycles. The van der Waals surface area contributed by atoms with Gasteiger partial charge < -0.3 is 9.72 Å². The van der Waals surface area contributed by atoms with Crippen molar-refractivity contribution in [3.05, 3.63) is 53.7 Å². The molecular formula is C16H19N5O. The lowest BCUT2D eigenvalue weighted by molar-refractivity contribution is -0.121. The molecule has 3 rings (SSSR count). The molecule has 1 amide bonds. The van der Waals surface area contributed by atoms with Gasteiger partial charge in [-0.05, 0) is 32.0 Å². The summed E-state index contributed by atoms with van der Waals surface area (Å²) in [6.45, 7) is 4.98. The van der Waals surface area contributed by atoms with E-state index in [2.05, 4.69) is 15.4 Å². The van der Waals surface area contributed by atoms with Crippen LogP contribution in [0.1, 0.15) is 23.5 Å². The van der Waals surface area contributed by atoms with Crippen molar-refractivity contribution in [3.8, 4) is 0 Å². The lowest BCUT2D eigenvalue weighted by Crippen LogP contribution is -2.24. The molecule has 1 N–H and O–H groups in total. The molecule has 3 heterocycles. The quantitative estimate of drug-likeness (QED) is 0.781. The van der Waals surface area contributed by atoms with E-state index >= 15 is 0 Å². The Morgan fingerprint density at radius 2 is 2.18 bits per heavy atom. The summed E-state index contributed by atoms with van der Waals surface area (Å²) in [5.74, 6) is 0.00427. The molecule has 6 heteroatoms. The van der Waals surface area contributed by atoms with Gasteiger partial charge in [-0.3, -0.25) is 9.48 Å². The van der Waals surface area contributed by atoms with Gasteiger partial charge in [0.2, 0.25) is 5.91 Å². The van der Waals surface area contributed by atoms with Crippen molar-refractivity contribution in [2.45, 2.75) is 33.4 Å². The van der Waals surface area contributed by atoms with Crippen molar-refractivity contribution in [1.29, 1.82) is 0 Å². The van der Waals surface area contributed by atoms with Crippen LogP contribution in [-0.4, -0.2) is 25.1 Å². The van der Waals surface area contributed by atoms with Crippen molar-refractivity contribution in [3.63, 3.8) is 0 Å². The first-order valence-corrected chi connectivity index (χ1v) is 7.32. The molecule has 0 aliphatic carbocycles. The normalized spacial score (nSPS) is 11.0. The van der Waals surface area contributed by atoms with Crippen LogP contribution < -0.4 is 5.32 Å². The number of carbonyl (C=O) groups is 1. The predicted octanol–water partition coefficient (Wildman–Crippen LogP) is 1.85. The molecule has 0 atom stereocenters. The van der Waals surface area contributed by atoms with Crippen LogP contribution in [-0.2, 0) is 17.9 Å². The van der Waals surface area contributed by atoms with Crippen LogP contribution in [0.2, 0.25) is 0 Å². The summed E-state index contributed by atoms with van der Waals surface area (Å²) in [6, 6.07) is 7.84. The van der Waals surface area contributed by atoms with Crippen molar-refractivity contribution < 1.29 is 4.79 Å². The highest BCUT2D eigenvalue weighted by molar-refractivity contribution is 5.75. The number of amides is 1. The van der Waals surface area contributed by atoms with Gasteiger partial charge in [-0.25, -0.2) is 4.98 Å². The monoisotopic (exact) mass is 297 g/mol. The zero-order valence-electron chi connectivity index (χ0n) is 12.8. The highest BCUT2D eigenvalue weighted by atomic mass is 16.1. The maximum absolute atomic E-state index is 11.9. The van der Waals surface area contributed by atoms with Gasteiger partial charge in [0, 0.05) is 31.1 Å². The van der Waals surface area contributed by atoms with Gasteiger partial charge in [-0.2, -0.15) is 5.10 Å². The topological polar surface area (TPSA) is 64.2 Å². The maximum Gasteiger partial charge on any atom is 0.222 e. The highest BCUT2D eigenvalue weighted by Gasteiger charge is 2.07. The first-order valence-electron chi connectivity index (χ1n) is 7.32. The molecule has 3 aromatic rings. The SMILES string of the molecule is Cc1cc(C)n(CCC(=O)NCc2cn3ccccc3n2)n1. The van der Waals surface area contributed by atoms with Crippen LogP contribution in [0.3, 0.4) is 0 Å². The molecule has 114 valence electrons. The molecule has 6 nitrogen and oxygen atoms in total. The van der Waals surface area contributed by atoms with Gasteiger partial charge in [0.05, 0.1) is 17.9 Å². The molecule has 0 aliphatic rings. The Morgan fingerprint density at radius 3 is 2.91 bits per heavy atom. The van der Waals surface area contributed by atoms with Gasteiger partial charge in [0.25, 0.3) is 0 Å². The number of aromatic nitrogens is 4. The van der Waals surface area contributed by atoms with Crippen molar-refractivity contribution in [2.75, 3.05) is 0 Å². The number of fused-ring (bicyclic) bond motifs is 1. The maximum atomic E-state index is 11.9. The van der Waals surface area contributed by atoms with E-state index in [1.165, 1.54) is 0 Å². The first-order chi connectivity index (χ1) is 10.6. The average Bonchev–Trinajstić information content (AvgIpc) is 3.05. The molecule has 22 heavy (non-hydrogen) atoms. The largest absolute Gasteiger partial charge is 0.350 e. The zero-order valence-corrected chi connectivity index (χ0v) is 12.8. The average molecular weight is 297 g/mol. The summed E-state index contributed by atoms with van der Waals surface area (Å²) in [7, 11) is 0. The predicted molar refractivity (Wildman–Crippen MR) is 83.4 cm³/mol. The number of nitrogens with one attached hydrogen (secondary N) is 1. The zero-order chi connectivity index (χ0) is 15.5. The lowest BCUT2D eigenvalue weighted by Gasteiger charge is -2.05. The standard InChI is InChI=1S/C16H19N5O/c1-12-9-13(2)21(19-12)8-6-16(22)17-10-14-11-20-7-4-3-5-15(20)18-14/h3-5,7,9,11H,6,8,10H2,1-2H3,(H,17,22). The number of nitrogens with zero attached hydrogens (tertiary/aromatic N) is 4. The number of hydrogen-bond donors (Lipinski definition) is 1. The summed E-state index contributed by atoms with van der Waals surface area (Å²) in [5.41, 5.74) is 3.79. The molecule has 0 radical (unpaired) electrons. The molecular weight excluding hydrogens is 278 g/mol. The minimum Gasteiger partial charge on any atom is -0.350 e. The molecule has 0 bridgehead atoms. The highest BCUT2D eigenvalue weighted by Crippen LogP contribution is 2.05. The number of pyridine rings is 1. The second-order valence-corrected chi connectivity index (χ2v) is 5.38. The van der Waals surface area contributed by atoms with E-state index < -0.39 is 0 Å². The Kier molecular flexibility index (Phi) is 3.91. The number of rotatable bonds is 5. The van der Waals surface area contributed by atoms with Crippen molar-refractivity contribution in [1.82, 2.24) is 24.5 Å². The fourth-order valence-electron chi connectivity index (χ4n) is 2.46. The van der Waals surface area contributed by atoms with Crippen LogP contribution in [0.15, 0.2) is 36.7 Å². The smallest absolute Gasteiger partial charge is 0.222 e. The van der Waals surface area contributed by atoms with Crippen molar-refractivity contribution >= 4 is 11.6 Å². The lowest BCUT2D eigenvalue weighted by atomic mass is 10.3. The Labute approximate surface area is 128 Å². The molecule has 0 spiro atoms. The fourth-order valence-corrected chi connectivity index (χ4v) is 2.46. The summed E-state index contributed by atoms with van der Waals surface area (Å²) < 4.78 is 3.80. The molecule has 3 aromatic heterocycles. The van der Waals surface area contributed by atoms with Gasteiger partial charge >= 0.3 is 0 Å². The van der Waals surface area contributed by atoms with Crippen molar-refractivity contribution in [2.24, 2.45) is 0 Å². The second-order valence-electron chi connectivity index (χ2n) is 5.38. The van der Waals surface area contributed by atoms with Crippen LogP contribution in [0.25, 0.3) is 5.65 Å². The summed E-state index contributed by atoms with van der Waals surface area (Å²) >= 11 is 0. The van der Waals surface area contributed by atoms with Crippen LogP contribution in [0, 0.1) is 13.8 Å². The van der Waals surface area contributed by atoms with Gasteiger partial charge in [0.15, 0.2) is 0 Å². The fraction of sp³-hybridized carbons (Fsp3) is 0.312. The minimum absolute atomic E-state index is 0.00427. The minimum atomic E-state index is 0.00427. The summed E-state index contributed by atoms with van der Waals surface area (Å²) in [6.07, 6.45) is 4.28. The van der Waals surface area contributed by atoms with E-state index in [0.29, 0.717) is 19.5 Å². The number of hydrogen-bond acceptors (Lipinski definition) is 3. The third-order valence-corrected chi connectivity index (χ3v) is 3.53. The Bertz CT molecular complexity index is 769. The van der Waals surface area contributed by atoms with E-state index in [4.69, 9.17) is 0 Å². The van der Waals surface area contributed by atoms with E-state index in [-0.39, 0.29) is 5.91 Å². The molecule has 0 unspecified atom stereocenters. The van der Waals surface area contributed by atoms with Gasteiger partial charge in [-0.15, -0.1) is 0 Å². The second kappa shape index (κ2) is 6.01. The van der Waals surface area contributed by atoms with Crippen LogP contribution in [0.5, 0.6) is 0 Å². The Balaban J connectivity index is 1.52. The molecule has 0 saturated carbocycles. The molecule has 0 aliphatic heterocycles. The Morgan fingerprint density at radius 1 is 1.32 bits per heavy atom. The molecule has 0 aromatic carbocycles. The van der Waals surface area contributed by atoms with Gasteiger partial charge in [-0.1, -0.05) is 6.07 Å². The van der Waals surface area contributed by atoms with Gasteiger partial charge in [0.1, 0.15) is 5.65 Å². The summed E-state index contributed by atoms with van der Waals surface area (Å²) in [4.78, 5) is 16.4. The van der Waals surface area contributed by atoms with E-state index in [1.54, 1.807) is 0 Å². The third kappa shape index (κ3) is 3.16. The van der Waals surface area contributed by atoms with Crippen LogP contribution >= 0.6 is 0 Å². The van der Waals surface area contributed by atoms with E-state index in [1.807, 2.05) is 59.6 Å². The van der Waals surface area contributed by atoms with E-state index in [0.717, 1.165) is 22.7 Å². The third-order valence-electron chi connectivity index (χ3n) is 3.53. The van der Waals surface area contributed by atoms with E-state index in [9.17, 15) is 4.79 Å². The van der Waals surface area contributed by atoms with Crippen LogP contribution in [0.4, 0.5) is 0 Å². The number of aryl methyl sites for hydroxylation is 3. The molecule has 0 fully saturated rings. The number of carbonyl (C=O) groups excluding carboxylic acids is 1. The summed E-state index contributed by atoms with van der Waals surface area (Å²) in [5, 5.41) is 7.25.